The Hall–Kier alpha value is 0.200. The largest absolute Gasteiger partial charge is 0.313 e. The highest BCUT2D eigenvalue weighted by atomic mass is 127. The lowest BCUT2D eigenvalue weighted by molar-refractivity contribution is 0.496. The van der Waals surface area contributed by atoms with Gasteiger partial charge in [-0.25, -0.2) is 0 Å². The zero-order chi connectivity index (χ0) is 14.1. The molecule has 0 saturated carbocycles. The van der Waals surface area contributed by atoms with E-state index in [0.29, 0.717) is 6.04 Å². The molecule has 0 heterocycles. The summed E-state index contributed by atoms with van der Waals surface area (Å²) in [4.78, 5) is 0. The summed E-state index contributed by atoms with van der Waals surface area (Å²) in [5.41, 5.74) is 1.34. The number of nitrogens with one attached hydrogen (secondary N) is 1. The van der Waals surface area contributed by atoms with Crippen LogP contribution in [0.4, 0.5) is 0 Å². The van der Waals surface area contributed by atoms with Crippen molar-refractivity contribution in [1.82, 2.24) is 5.32 Å². The lowest BCUT2D eigenvalue weighted by Gasteiger charge is -2.18. The van der Waals surface area contributed by atoms with Gasteiger partial charge in [0.25, 0.3) is 0 Å². The topological polar surface area (TPSA) is 12.0 Å². The second-order valence-electron chi connectivity index (χ2n) is 5.06. The van der Waals surface area contributed by atoms with Gasteiger partial charge in [-0.05, 0) is 59.8 Å². The molecule has 19 heavy (non-hydrogen) atoms. The Labute approximate surface area is 136 Å². The molecule has 1 atom stereocenters. The van der Waals surface area contributed by atoms with E-state index in [9.17, 15) is 0 Å². The Balaban J connectivity index is 2.42. The first-order valence-electron chi connectivity index (χ1n) is 7.31. The molecule has 0 bridgehead atoms. The molecule has 1 aromatic carbocycles. The van der Waals surface area contributed by atoms with Crippen molar-refractivity contribution in [3.05, 3.63) is 32.4 Å². The highest BCUT2D eigenvalue weighted by Gasteiger charge is 2.12. The van der Waals surface area contributed by atoms with E-state index in [0.717, 1.165) is 5.02 Å². The molecule has 0 aliphatic carbocycles. The normalized spacial score (nSPS) is 12.6. The number of hydrogen-bond donors (Lipinski definition) is 1. The van der Waals surface area contributed by atoms with Crippen molar-refractivity contribution in [2.45, 2.75) is 57.9 Å². The van der Waals surface area contributed by atoms with Gasteiger partial charge in [-0.1, -0.05) is 57.0 Å². The van der Waals surface area contributed by atoms with Gasteiger partial charge in [0.15, 0.2) is 0 Å². The van der Waals surface area contributed by atoms with Crippen LogP contribution in [0.25, 0.3) is 0 Å². The number of rotatable bonds is 9. The molecule has 3 heteroatoms. The van der Waals surface area contributed by atoms with Crippen molar-refractivity contribution in [1.29, 1.82) is 0 Å². The second kappa shape index (κ2) is 10.0. The zero-order valence-corrected chi connectivity index (χ0v) is 14.9. The van der Waals surface area contributed by atoms with Gasteiger partial charge >= 0.3 is 0 Å². The van der Waals surface area contributed by atoms with E-state index in [1.165, 1.54) is 54.1 Å². The molecule has 1 nitrogen and oxygen atoms in total. The Morgan fingerprint density at radius 3 is 2.53 bits per heavy atom. The summed E-state index contributed by atoms with van der Waals surface area (Å²) in [5.74, 6) is 0. The zero-order valence-electron chi connectivity index (χ0n) is 12.0. The van der Waals surface area contributed by atoms with Crippen LogP contribution in [0.15, 0.2) is 18.2 Å². The molecule has 108 valence electrons. The summed E-state index contributed by atoms with van der Waals surface area (Å²) >= 11 is 8.50. The summed E-state index contributed by atoms with van der Waals surface area (Å²) in [6.45, 7) is 2.26. The summed E-state index contributed by atoms with van der Waals surface area (Å²) < 4.78 is 1.30. The monoisotopic (exact) mass is 393 g/mol. The van der Waals surface area contributed by atoms with Crippen molar-refractivity contribution >= 4 is 34.2 Å². The fourth-order valence-corrected chi connectivity index (χ4v) is 3.26. The maximum Gasteiger partial charge on any atom is 0.0410 e. The maximum atomic E-state index is 6.11. The Bertz CT molecular complexity index is 368. The highest BCUT2D eigenvalue weighted by Crippen LogP contribution is 2.27. The molecule has 0 saturated heterocycles. The van der Waals surface area contributed by atoms with E-state index < -0.39 is 0 Å². The van der Waals surface area contributed by atoms with E-state index >= 15 is 0 Å². The number of hydrogen-bond acceptors (Lipinski definition) is 1. The van der Waals surface area contributed by atoms with E-state index in [1.807, 2.05) is 13.1 Å². The van der Waals surface area contributed by atoms with Gasteiger partial charge in [0.1, 0.15) is 0 Å². The third kappa shape index (κ3) is 6.46. The molecule has 0 spiro atoms. The van der Waals surface area contributed by atoms with Gasteiger partial charge in [0.2, 0.25) is 0 Å². The summed E-state index contributed by atoms with van der Waals surface area (Å²) in [6.07, 6.45) is 9.28. The molecular formula is C16H25ClIN. The Morgan fingerprint density at radius 1 is 1.16 bits per heavy atom. The van der Waals surface area contributed by atoms with Crippen molar-refractivity contribution in [3.8, 4) is 0 Å². The van der Waals surface area contributed by atoms with Gasteiger partial charge in [0.05, 0.1) is 0 Å². The molecule has 0 aliphatic heterocycles. The Kier molecular flexibility index (Phi) is 9.08. The van der Waals surface area contributed by atoms with E-state index in [-0.39, 0.29) is 0 Å². The van der Waals surface area contributed by atoms with Crippen molar-refractivity contribution in [3.63, 3.8) is 0 Å². The second-order valence-corrected chi connectivity index (χ2v) is 6.66. The minimum Gasteiger partial charge on any atom is -0.313 e. The van der Waals surface area contributed by atoms with Crippen molar-refractivity contribution in [2.75, 3.05) is 7.05 Å². The van der Waals surface area contributed by atoms with Crippen LogP contribution in [-0.2, 0) is 0 Å². The van der Waals surface area contributed by atoms with Crippen LogP contribution in [0.3, 0.4) is 0 Å². The van der Waals surface area contributed by atoms with Crippen LogP contribution in [0.5, 0.6) is 0 Å². The van der Waals surface area contributed by atoms with Crippen LogP contribution in [0.2, 0.25) is 5.02 Å². The van der Waals surface area contributed by atoms with Crippen LogP contribution in [-0.4, -0.2) is 7.05 Å². The minimum atomic E-state index is 0.428. The molecule has 0 aliphatic rings. The SMILES string of the molecule is CCCCCCCCC(NC)c1cc(Cl)ccc1I. The predicted octanol–water partition coefficient (Wildman–Crippen LogP) is 5.96. The van der Waals surface area contributed by atoms with Crippen molar-refractivity contribution < 1.29 is 0 Å². The van der Waals surface area contributed by atoms with Gasteiger partial charge in [0, 0.05) is 14.6 Å². The van der Waals surface area contributed by atoms with Gasteiger partial charge in [-0.2, -0.15) is 0 Å². The van der Waals surface area contributed by atoms with Crippen molar-refractivity contribution in [2.24, 2.45) is 0 Å². The fourth-order valence-electron chi connectivity index (χ4n) is 2.37. The van der Waals surface area contributed by atoms with Crippen LogP contribution < -0.4 is 5.32 Å². The quantitative estimate of drug-likeness (QED) is 0.403. The standard InChI is InChI=1S/C16H25ClIN/c1-3-4-5-6-7-8-9-16(19-2)14-12-13(17)10-11-15(14)18/h10-12,16,19H,3-9H2,1-2H3. The van der Waals surface area contributed by atoms with Gasteiger partial charge in [-0.3, -0.25) is 0 Å². The lowest BCUT2D eigenvalue weighted by atomic mass is 10.00. The fraction of sp³-hybridized carbons (Fsp3) is 0.625. The third-order valence-electron chi connectivity index (χ3n) is 3.53. The van der Waals surface area contributed by atoms with E-state index in [4.69, 9.17) is 11.6 Å². The summed E-state index contributed by atoms with van der Waals surface area (Å²) in [7, 11) is 2.04. The number of benzene rings is 1. The van der Waals surface area contributed by atoms with Gasteiger partial charge < -0.3 is 5.32 Å². The van der Waals surface area contributed by atoms with Gasteiger partial charge in [-0.15, -0.1) is 0 Å². The molecule has 1 unspecified atom stereocenters. The third-order valence-corrected chi connectivity index (χ3v) is 4.75. The smallest absolute Gasteiger partial charge is 0.0410 e. The van der Waals surface area contributed by atoms with E-state index in [1.54, 1.807) is 0 Å². The maximum absolute atomic E-state index is 6.11. The lowest BCUT2D eigenvalue weighted by Crippen LogP contribution is -2.17. The minimum absolute atomic E-state index is 0.428. The molecule has 1 N–H and O–H groups in total. The molecule has 0 amide bonds. The summed E-state index contributed by atoms with van der Waals surface area (Å²) in [6, 6.07) is 6.59. The molecule has 1 aromatic rings. The predicted molar refractivity (Wildman–Crippen MR) is 94.0 cm³/mol. The summed E-state index contributed by atoms with van der Waals surface area (Å²) in [5, 5.41) is 4.26. The molecule has 1 rings (SSSR count). The first-order chi connectivity index (χ1) is 9.19. The van der Waals surface area contributed by atoms with E-state index in [2.05, 4.69) is 47.0 Å². The highest BCUT2D eigenvalue weighted by molar-refractivity contribution is 14.1. The molecule has 0 fully saturated rings. The van der Waals surface area contributed by atoms with Crippen LogP contribution in [0, 0.1) is 3.57 Å². The Morgan fingerprint density at radius 2 is 1.84 bits per heavy atom. The first kappa shape index (κ1) is 17.3. The van der Waals surface area contributed by atoms with Crippen LogP contribution in [0.1, 0.15) is 63.5 Å². The first-order valence-corrected chi connectivity index (χ1v) is 8.77. The average molecular weight is 394 g/mol. The molecular weight excluding hydrogens is 369 g/mol. The molecule has 0 aromatic heterocycles. The van der Waals surface area contributed by atoms with Crippen LogP contribution >= 0.6 is 34.2 Å². The molecule has 0 radical (unpaired) electrons. The average Bonchev–Trinajstić information content (AvgIpc) is 2.41. The number of halogens is 2. The number of unbranched alkanes of at least 4 members (excludes halogenated alkanes) is 5.